The van der Waals surface area contributed by atoms with Gasteiger partial charge in [0.15, 0.2) is 5.78 Å². The number of hydrogen-bond donors (Lipinski definition) is 1. The molecular formula is C11H15ClN6O. The Morgan fingerprint density at radius 3 is 2.79 bits per heavy atom. The largest absolute Gasteiger partial charge is 0.325 e. The number of halogens is 1. The molecule has 19 heavy (non-hydrogen) atoms. The molecule has 2 N–H and O–H groups in total. The monoisotopic (exact) mass is 282 g/mol. The van der Waals surface area contributed by atoms with Crippen molar-refractivity contribution in [2.45, 2.75) is 26.4 Å². The van der Waals surface area contributed by atoms with Crippen LogP contribution in [0.4, 0.5) is 0 Å². The van der Waals surface area contributed by atoms with Gasteiger partial charge >= 0.3 is 0 Å². The van der Waals surface area contributed by atoms with Crippen LogP contribution in [0.15, 0.2) is 6.20 Å². The standard InChI is InChI=1S/C11H15ClN6O/c1-7-10(11(12)17(2)15-7)3-9(19)6-18-5-8(4-13)14-16-18/h5H,3-4,6,13H2,1-2H3. The van der Waals surface area contributed by atoms with Crippen LogP contribution in [0.25, 0.3) is 0 Å². The molecule has 102 valence electrons. The van der Waals surface area contributed by atoms with Crippen LogP contribution in [0.3, 0.4) is 0 Å². The highest BCUT2D eigenvalue weighted by Crippen LogP contribution is 2.19. The van der Waals surface area contributed by atoms with E-state index in [1.54, 1.807) is 17.9 Å². The molecule has 2 aromatic heterocycles. The van der Waals surface area contributed by atoms with Crippen molar-refractivity contribution in [3.63, 3.8) is 0 Å². The highest BCUT2D eigenvalue weighted by Gasteiger charge is 2.15. The molecule has 0 saturated heterocycles. The molecule has 0 bridgehead atoms. The fourth-order valence-corrected chi connectivity index (χ4v) is 2.06. The van der Waals surface area contributed by atoms with E-state index in [2.05, 4.69) is 15.4 Å². The summed E-state index contributed by atoms with van der Waals surface area (Å²) >= 11 is 6.08. The molecule has 2 heterocycles. The van der Waals surface area contributed by atoms with Crippen LogP contribution >= 0.6 is 11.6 Å². The van der Waals surface area contributed by atoms with Gasteiger partial charge in [-0.15, -0.1) is 5.10 Å². The van der Waals surface area contributed by atoms with E-state index < -0.39 is 0 Å². The molecule has 0 aliphatic rings. The Morgan fingerprint density at radius 2 is 2.26 bits per heavy atom. The maximum atomic E-state index is 12.0. The van der Waals surface area contributed by atoms with E-state index in [1.165, 1.54) is 4.68 Å². The number of Topliss-reactive ketones (excluding diaryl/α,β-unsaturated/α-hetero) is 1. The molecule has 0 atom stereocenters. The lowest BCUT2D eigenvalue weighted by molar-refractivity contribution is -0.119. The topological polar surface area (TPSA) is 91.6 Å². The Hall–Kier alpha value is -1.73. The van der Waals surface area contributed by atoms with Gasteiger partial charge in [0.05, 0.1) is 17.6 Å². The van der Waals surface area contributed by atoms with Gasteiger partial charge in [-0.25, -0.2) is 4.68 Å². The fourth-order valence-electron chi connectivity index (χ4n) is 1.82. The van der Waals surface area contributed by atoms with Crippen LogP contribution in [0.2, 0.25) is 5.15 Å². The Kier molecular flexibility index (Phi) is 3.96. The average Bonchev–Trinajstić information content (AvgIpc) is 2.90. The number of rotatable bonds is 5. The minimum atomic E-state index is -0.00790. The smallest absolute Gasteiger partial charge is 0.158 e. The van der Waals surface area contributed by atoms with Crippen molar-refractivity contribution in [3.05, 3.63) is 28.3 Å². The molecule has 0 aliphatic carbocycles. The predicted molar refractivity (Wildman–Crippen MR) is 69.6 cm³/mol. The van der Waals surface area contributed by atoms with Gasteiger partial charge in [-0.2, -0.15) is 5.10 Å². The van der Waals surface area contributed by atoms with Crippen molar-refractivity contribution >= 4 is 17.4 Å². The second-order valence-corrected chi connectivity index (χ2v) is 4.66. The number of carbonyl (C=O) groups is 1. The van der Waals surface area contributed by atoms with Gasteiger partial charge in [0.2, 0.25) is 0 Å². The van der Waals surface area contributed by atoms with Gasteiger partial charge in [0.25, 0.3) is 0 Å². The molecule has 0 saturated carbocycles. The Bertz CT molecular complexity index is 602. The molecule has 8 heteroatoms. The first-order valence-electron chi connectivity index (χ1n) is 5.80. The summed E-state index contributed by atoms with van der Waals surface area (Å²) in [6, 6.07) is 0. The number of hydrogen-bond acceptors (Lipinski definition) is 5. The fraction of sp³-hybridized carbons (Fsp3) is 0.455. The van der Waals surface area contributed by atoms with Crippen molar-refractivity contribution in [3.8, 4) is 0 Å². The van der Waals surface area contributed by atoms with E-state index in [1.807, 2.05) is 6.92 Å². The van der Waals surface area contributed by atoms with Gasteiger partial charge < -0.3 is 5.73 Å². The van der Waals surface area contributed by atoms with E-state index in [0.29, 0.717) is 17.4 Å². The molecule has 0 aliphatic heterocycles. The maximum Gasteiger partial charge on any atom is 0.158 e. The van der Waals surface area contributed by atoms with Crippen LogP contribution in [0, 0.1) is 6.92 Å². The van der Waals surface area contributed by atoms with E-state index in [-0.39, 0.29) is 18.7 Å². The number of aromatic nitrogens is 5. The minimum absolute atomic E-state index is 0.00790. The zero-order valence-electron chi connectivity index (χ0n) is 10.8. The summed E-state index contributed by atoms with van der Waals surface area (Å²) in [5.41, 5.74) is 7.61. The van der Waals surface area contributed by atoms with Crippen molar-refractivity contribution in [2.75, 3.05) is 0 Å². The summed E-state index contributed by atoms with van der Waals surface area (Å²) in [5.74, 6) is -0.00790. The number of nitrogens with zero attached hydrogens (tertiary/aromatic N) is 5. The van der Waals surface area contributed by atoms with Gasteiger partial charge in [-0.3, -0.25) is 9.48 Å². The van der Waals surface area contributed by atoms with E-state index in [9.17, 15) is 4.79 Å². The summed E-state index contributed by atoms with van der Waals surface area (Å²) in [4.78, 5) is 12.0. The second kappa shape index (κ2) is 5.50. The predicted octanol–water partition coefficient (Wildman–Crippen LogP) is 0.244. The summed E-state index contributed by atoms with van der Waals surface area (Å²) < 4.78 is 3.03. The van der Waals surface area contributed by atoms with E-state index in [0.717, 1.165) is 11.3 Å². The Morgan fingerprint density at radius 1 is 1.53 bits per heavy atom. The van der Waals surface area contributed by atoms with Gasteiger partial charge in [0, 0.05) is 25.6 Å². The molecular weight excluding hydrogens is 268 g/mol. The zero-order valence-corrected chi connectivity index (χ0v) is 11.6. The lowest BCUT2D eigenvalue weighted by atomic mass is 10.1. The lowest BCUT2D eigenvalue weighted by Crippen LogP contribution is -2.13. The maximum absolute atomic E-state index is 12.0. The molecule has 2 aromatic rings. The lowest BCUT2D eigenvalue weighted by Gasteiger charge is -2.01. The summed E-state index contributed by atoms with van der Waals surface area (Å²) in [5, 5.41) is 12.3. The summed E-state index contributed by atoms with van der Waals surface area (Å²) in [7, 11) is 1.74. The number of aryl methyl sites for hydroxylation is 2. The van der Waals surface area contributed by atoms with Gasteiger partial charge in [0.1, 0.15) is 11.7 Å². The summed E-state index contributed by atoms with van der Waals surface area (Å²) in [6.45, 7) is 2.29. The molecule has 0 amide bonds. The normalized spacial score (nSPS) is 10.9. The number of ketones is 1. The average molecular weight is 283 g/mol. The van der Waals surface area contributed by atoms with E-state index in [4.69, 9.17) is 17.3 Å². The van der Waals surface area contributed by atoms with Crippen LogP contribution in [0.1, 0.15) is 17.0 Å². The van der Waals surface area contributed by atoms with Crippen molar-refractivity contribution in [1.29, 1.82) is 0 Å². The quantitative estimate of drug-likeness (QED) is 0.848. The zero-order chi connectivity index (χ0) is 14.0. The highest BCUT2D eigenvalue weighted by molar-refractivity contribution is 6.30. The molecule has 0 radical (unpaired) electrons. The molecule has 0 spiro atoms. The Balaban J connectivity index is 2.05. The van der Waals surface area contributed by atoms with Crippen molar-refractivity contribution < 1.29 is 4.79 Å². The third-order valence-electron chi connectivity index (χ3n) is 2.78. The highest BCUT2D eigenvalue weighted by atomic mass is 35.5. The van der Waals surface area contributed by atoms with Crippen molar-refractivity contribution in [1.82, 2.24) is 24.8 Å². The van der Waals surface area contributed by atoms with Crippen LogP contribution < -0.4 is 5.73 Å². The van der Waals surface area contributed by atoms with E-state index >= 15 is 0 Å². The van der Waals surface area contributed by atoms with Gasteiger partial charge in [-0.1, -0.05) is 16.8 Å². The first-order valence-corrected chi connectivity index (χ1v) is 6.17. The minimum Gasteiger partial charge on any atom is -0.325 e. The first-order chi connectivity index (χ1) is 9.01. The van der Waals surface area contributed by atoms with Gasteiger partial charge in [-0.05, 0) is 6.92 Å². The van der Waals surface area contributed by atoms with Crippen LogP contribution in [-0.4, -0.2) is 30.6 Å². The third kappa shape index (κ3) is 2.99. The number of carbonyl (C=O) groups excluding carboxylic acids is 1. The van der Waals surface area contributed by atoms with Crippen LogP contribution in [0.5, 0.6) is 0 Å². The SMILES string of the molecule is Cc1nn(C)c(Cl)c1CC(=O)Cn1cc(CN)nn1. The molecule has 7 nitrogen and oxygen atoms in total. The molecule has 0 unspecified atom stereocenters. The van der Waals surface area contributed by atoms with Crippen molar-refractivity contribution in [2.24, 2.45) is 12.8 Å². The molecule has 2 rings (SSSR count). The molecule has 0 aromatic carbocycles. The number of nitrogens with two attached hydrogens (primary N) is 1. The van der Waals surface area contributed by atoms with Crippen LogP contribution in [-0.2, 0) is 31.4 Å². The molecule has 0 fully saturated rings. The second-order valence-electron chi connectivity index (χ2n) is 4.31. The summed E-state index contributed by atoms with van der Waals surface area (Å²) in [6.07, 6.45) is 1.89. The first kappa shape index (κ1) is 13.7. The third-order valence-corrected chi connectivity index (χ3v) is 3.25. The Labute approximate surface area is 115 Å².